The van der Waals surface area contributed by atoms with Crippen molar-refractivity contribution in [1.29, 1.82) is 0 Å². The summed E-state index contributed by atoms with van der Waals surface area (Å²) in [6.45, 7) is 6.91. The van der Waals surface area contributed by atoms with Crippen molar-refractivity contribution in [2.75, 3.05) is 40.9 Å². The number of unbranched alkanes of at least 4 members (excludes halogenated alkanes) is 26. The zero-order valence-corrected chi connectivity index (χ0v) is 51.6. The van der Waals surface area contributed by atoms with Crippen LogP contribution in [-0.4, -0.2) is 74.3 Å². The maximum atomic E-state index is 13.5. The Balaban J connectivity index is 5.36. The van der Waals surface area contributed by atoms with Gasteiger partial charge >= 0.3 is 13.8 Å². The summed E-state index contributed by atoms with van der Waals surface area (Å²) in [6.07, 6.45) is 75.5. The number of amides is 1. The summed E-state index contributed by atoms with van der Waals surface area (Å²) >= 11 is 0. The molecule has 0 fully saturated rings. The van der Waals surface area contributed by atoms with E-state index in [1.165, 1.54) is 135 Å². The maximum absolute atomic E-state index is 13.5. The normalized spacial score (nSPS) is 14.3. The molecule has 0 rings (SSSR count). The Kier molecular flexibility index (Phi) is 54.0. The van der Waals surface area contributed by atoms with E-state index in [0.717, 1.165) is 89.9 Å². The van der Waals surface area contributed by atoms with Crippen molar-refractivity contribution in [3.8, 4) is 0 Å². The molecule has 1 amide bonds. The fourth-order valence-electron chi connectivity index (χ4n) is 8.59. The molecule has 0 aromatic rings. The number of phosphoric ester groups is 1. The summed E-state index contributed by atoms with van der Waals surface area (Å²) in [5, 5.41) is 3.02. The van der Waals surface area contributed by atoms with E-state index in [0.29, 0.717) is 17.4 Å². The minimum Gasteiger partial charge on any atom is -0.456 e. The lowest BCUT2D eigenvalue weighted by atomic mass is 10.0. The summed E-state index contributed by atoms with van der Waals surface area (Å²) < 4.78 is 30.7. The number of phosphoric acid groups is 1. The highest BCUT2D eigenvalue weighted by molar-refractivity contribution is 7.47. The Morgan fingerprint density at radius 1 is 0.455 bits per heavy atom. The summed E-state index contributed by atoms with van der Waals surface area (Å²) in [4.78, 5) is 37.7. The average Bonchev–Trinajstić information content (AvgIpc) is 3.39. The fourth-order valence-corrected chi connectivity index (χ4v) is 9.32. The summed E-state index contributed by atoms with van der Waals surface area (Å²) in [5.74, 6) is -0.581. The van der Waals surface area contributed by atoms with Crippen LogP contribution in [0.25, 0.3) is 0 Å². The van der Waals surface area contributed by atoms with Gasteiger partial charge in [-0.1, -0.05) is 240 Å². The van der Waals surface area contributed by atoms with Gasteiger partial charge in [-0.15, -0.1) is 0 Å². The highest BCUT2D eigenvalue weighted by atomic mass is 31.2. The van der Waals surface area contributed by atoms with Gasteiger partial charge in [-0.25, -0.2) is 4.57 Å². The third kappa shape index (κ3) is 57.4. The molecule has 0 saturated carbocycles. The van der Waals surface area contributed by atoms with E-state index >= 15 is 0 Å². The van der Waals surface area contributed by atoms with Gasteiger partial charge < -0.3 is 19.4 Å². The minimum atomic E-state index is -4.47. The molecule has 9 nitrogen and oxygen atoms in total. The third-order valence-electron chi connectivity index (χ3n) is 13.5. The van der Waals surface area contributed by atoms with Crippen LogP contribution in [0.3, 0.4) is 0 Å². The fraction of sp³-hybridized carbons (Fsp3) is 0.731. The van der Waals surface area contributed by atoms with E-state index in [-0.39, 0.29) is 37.9 Å². The van der Waals surface area contributed by atoms with E-state index in [1.807, 2.05) is 33.3 Å². The summed E-state index contributed by atoms with van der Waals surface area (Å²) in [7, 11) is 1.45. The van der Waals surface area contributed by atoms with Crippen LogP contribution in [0, 0.1) is 0 Å². The molecule has 0 bridgehead atoms. The Hall–Kier alpha value is -3.07. The first-order chi connectivity index (χ1) is 37.4. The standard InChI is InChI=1S/C67H119N2O7P/c1-7-10-13-16-19-22-25-28-30-32-33-34-35-37-39-42-45-48-51-54-57-60-67(71)76-65(58-55-52-49-46-43-40-27-24-21-18-15-12-9-3)64(63-75-77(72,73)74-62-61-69(4,5)6)68-66(70)59-56-53-50-47-44-41-38-36-31-29-26-23-20-17-14-11-8-2/h19-20,22-23,28-31,33-34,38,41,47,50,55,58,64-65H,7-18,21,24-27,32,35-37,39-40,42-46,48-49,51-54,56-57,59-63H2,1-6H3,(H-,68,70,72,73)/p+1/b22-19-,23-20-,30-28-,31-29-,34-33-,41-38-,50-47-,58-55+. The lowest BCUT2D eigenvalue weighted by Gasteiger charge is -2.27. The van der Waals surface area contributed by atoms with Crippen LogP contribution in [0.1, 0.15) is 265 Å². The number of allylic oxidation sites excluding steroid dienone is 15. The van der Waals surface area contributed by atoms with Gasteiger partial charge in [-0.3, -0.25) is 18.6 Å². The molecule has 0 aromatic carbocycles. The highest BCUT2D eigenvalue weighted by Crippen LogP contribution is 2.43. The second-order valence-electron chi connectivity index (χ2n) is 22.2. The number of carbonyl (C=O) groups excluding carboxylic acids is 2. The number of likely N-dealkylation sites (N-methyl/N-ethyl adjacent to an activating group) is 1. The van der Waals surface area contributed by atoms with Crippen LogP contribution in [0.2, 0.25) is 0 Å². The number of quaternary nitrogens is 1. The van der Waals surface area contributed by atoms with Gasteiger partial charge in [0.05, 0.1) is 33.8 Å². The number of nitrogens with zero attached hydrogens (tertiary/aromatic N) is 1. The summed E-state index contributed by atoms with van der Waals surface area (Å²) in [6, 6.07) is -0.885. The van der Waals surface area contributed by atoms with E-state index in [1.54, 1.807) is 0 Å². The molecule has 0 aliphatic rings. The Morgan fingerprint density at radius 3 is 1.23 bits per heavy atom. The van der Waals surface area contributed by atoms with Gasteiger partial charge in [-0.2, -0.15) is 0 Å². The number of hydrogen-bond donors (Lipinski definition) is 2. The van der Waals surface area contributed by atoms with Gasteiger partial charge in [0.25, 0.3) is 0 Å². The quantitative estimate of drug-likeness (QED) is 0.0205. The first-order valence-corrected chi connectivity index (χ1v) is 33.1. The first kappa shape index (κ1) is 73.9. The topological polar surface area (TPSA) is 111 Å². The Labute approximate surface area is 475 Å². The smallest absolute Gasteiger partial charge is 0.456 e. The monoisotopic (exact) mass is 1100 g/mol. The Bertz CT molecular complexity index is 1640. The largest absolute Gasteiger partial charge is 0.472 e. The van der Waals surface area contributed by atoms with Crippen LogP contribution in [0.4, 0.5) is 0 Å². The van der Waals surface area contributed by atoms with E-state index < -0.39 is 20.0 Å². The molecular formula is C67H120N2O7P+. The number of hydrogen-bond acceptors (Lipinski definition) is 6. The van der Waals surface area contributed by atoms with Gasteiger partial charge in [0.1, 0.15) is 19.3 Å². The van der Waals surface area contributed by atoms with Gasteiger partial charge in [0, 0.05) is 12.8 Å². The Morgan fingerprint density at radius 2 is 0.805 bits per heavy atom. The maximum Gasteiger partial charge on any atom is 0.472 e. The molecule has 10 heteroatoms. The number of carbonyl (C=O) groups is 2. The molecule has 3 atom stereocenters. The van der Waals surface area contributed by atoms with Crippen molar-refractivity contribution in [3.05, 3.63) is 97.2 Å². The van der Waals surface area contributed by atoms with Crippen LogP contribution >= 0.6 is 7.82 Å². The average molecular weight is 1100 g/mol. The molecule has 0 aromatic heterocycles. The van der Waals surface area contributed by atoms with Gasteiger partial charge in [0.15, 0.2) is 0 Å². The van der Waals surface area contributed by atoms with Crippen LogP contribution < -0.4 is 5.32 Å². The van der Waals surface area contributed by atoms with Crippen molar-refractivity contribution in [1.82, 2.24) is 5.32 Å². The highest BCUT2D eigenvalue weighted by Gasteiger charge is 2.30. The second kappa shape index (κ2) is 56.2. The lowest BCUT2D eigenvalue weighted by Crippen LogP contribution is -2.47. The van der Waals surface area contributed by atoms with Crippen molar-refractivity contribution in [3.63, 3.8) is 0 Å². The zero-order valence-electron chi connectivity index (χ0n) is 50.7. The number of rotatable bonds is 56. The second-order valence-corrected chi connectivity index (χ2v) is 23.7. The van der Waals surface area contributed by atoms with Gasteiger partial charge in [0.2, 0.25) is 5.91 Å². The van der Waals surface area contributed by atoms with Crippen molar-refractivity contribution >= 4 is 19.7 Å². The zero-order chi connectivity index (χ0) is 56.4. The van der Waals surface area contributed by atoms with Crippen molar-refractivity contribution in [2.24, 2.45) is 0 Å². The molecule has 2 N–H and O–H groups in total. The third-order valence-corrected chi connectivity index (χ3v) is 14.5. The number of ether oxygens (including phenoxy) is 1. The van der Waals surface area contributed by atoms with Gasteiger partial charge in [-0.05, 0) is 109 Å². The van der Waals surface area contributed by atoms with Crippen LogP contribution in [-0.2, 0) is 27.9 Å². The number of esters is 1. The molecule has 0 aliphatic carbocycles. The van der Waals surface area contributed by atoms with Crippen molar-refractivity contribution < 1.29 is 37.3 Å². The predicted molar refractivity (Wildman–Crippen MR) is 332 cm³/mol. The summed E-state index contributed by atoms with van der Waals surface area (Å²) in [5.41, 5.74) is 0. The molecule has 0 heterocycles. The molecule has 3 unspecified atom stereocenters. The molecule has 77 heavy (non-hydrogen) atoms. The lowest BCUT2D eigenvalue weighted by molar-refractivity contribution is -0.870. The molecule has 0 aliphatic heterocycles. The predicted octanol–water partition coefficient (Wildman–Crippen LogP) is 19.6. The van der Waals surface area contributed by atoms with E-state index in [2.05, 4.69) is 111 Å². The molecular weight excluding hydrogens is 976 g/mol. The van der Waals surface area contributed by atoms with Crippen LogP contribution in [0.15, 0.2) is 97.2 Å². The van der Waals surface area contributed by atoms with Crippen LogP contribution in [0.5, 0.6) is 0 Å². The molecule has 0 spiro atoms. The SMILES string of the molecule is CCCCC/C=C\C/C=C\C/C=C\C/C=C\CCCC(=O)NC(COP(=O)(O)OCC[N+](C)(C)C)C(/C=C/CCCCCCCCCCCCC)OC(=O)CCCCCCCCCC/C=C\C/C=C\C/C=C\CCCCC. The molecule has 0 radical (unpaired) electrons. The number of nitrogens with one attached hydrogen (secondary N) is 1. The molecule has 0 saturated heterocycles. The van der Waals surface area contributed by atoms with Crippen molar-refractivity contribution in [2.45, 2.75) is 277 Å². The van der Waals surface area contributed by atoms with E-state index in [4.69, 9.17) is 13.8 Å². The minimum absolute atomic E-state index is 0.0247. The van der Waals surface area contributed by atoms with E-state index in [9.17, 15) is 19.0 Å². The first-order valence-electron chi connectivity index (χ1n) is 31.6. The molecule has 444 valence electrons.